The second kappa shape index (κ2) is 4.58. The van der Waals surface area contributed by atoms with Crippen LogP contribution in [0.2, 0.25) is 0 Å². The normalized spacial score (nSPS) is 30.1. The quantitative estimate of drug-likeness (QED) is 0.764. The van der Waals surface area contributed by atoms with Gasteiger partial charge in [0.1, 0.15) is 0 Å². The minimum Gasteiger partial charge on any atom is -0.331 e. The Morgan fingerprint density at radius 3 is 2.50 bits per heavy atom. The van der Waals surface area contributed by atoms with Crippen molar-refractivity contribution in [1.82, 2.24) is 4.90 Å². The van der Waals surface area contributed by atoms with Gasteiger partial charge in [-0.3, -0.25) is 4.79 Å². The molecular weight excluding hydrogens is 270 g/mol. The fourth-order valence-corrected chi connectivity index (χ4v) is 5.12. The molecule has 112 valence electrons. The SMILES string of the molecule is O=C1c2c(ccc3ccccc23)CN1C1C[C@H]2CC[C@@H](C1)C2. The molecule has 22 heavy (non-hydrogen) atoms. The summed E-state index contributed by atoms with van der Waals surface area (Å²) in [6.07, 6.45) is 6.65. The first-order chi connectivity index (χ1) is 10.8. The number of carbonyl (C=O) groups is 1. The zero-order valence-corrected chi connectivity index (χ0v) is 12.8. The lowest BCUT2D eigenvalue weighted by Crippen LogP contribution is -2.39. The molecule has 2 heteroatoms. The number of rotatable bonds is 1. The fourth-order valence-electron chi connectivity index (χ4n) is 5.12. The van der Waals surface area contributed by atoms with Crippen molar-refractivity contribution in [2.75, 3.05) is 0 Å². The van der Waals surface area contributed by atoms with E-state index in [0.29, 0.717) is 6.04 Å². The molecule has 2 aromatic carbocycles. The van der Waals surface area contributed by atoms with Gasteiger partial charge in [-0.1, -0.05) is 49.2 Å². The second-order valence-corrected chi connectivity index (χ2v) is 7.42. The first-order valence-corrected chi connectivity index (χ1v) is 8.61. The van der Waals surface area contributed by atoms with E-state index < -0.39 is 0 Å². The van der Waals surface area contributed by atoms with Gasteiger partial charge >= 0.3 is 0 Å². The summed E-state index contributed by atoms with van der Waals surface area (Å²) in [6.45, 7) is 0.823. The van der Waals surface area contributed by atoms with Crippen molar-refractivity contribution in [2.24, 2.45) is 11.8 Å². The highest BCUT2D eigenvalue weighted by atomic mass is 16.2. The molecule has 0 N–H and O–H groups in total. The van der Waals surface area contributed by atoms with Gasteiger partial charge in [-0.05, 0) is 47.4 Å². The van der Waals surface area contributed by atoms with Crippen LogP contribution in [0.15, 0.2) is 36.4 Å². The summed E-state index contributed by atoms with van der Waals surface area (Å²) in [5, 5.41) is 2.31. The van der Waals surface area contributed by atoms with E-state index in [1.807, 2.05) is 12.1 Å². The van der Waals surface area contributed by atoms with Crippen molar-refractivity contribution in [3.63, 3.8) is 0 Å². The maximum Gasteiger partial charge on any atom is 0.255 e. The van der Waals surface area contributed by atoms with Crippen molar-refractivity contribution < 1.29 is 4.79 Å². The molecule has 2 bridgehead atoms. The van der Waals surface area contributed by atoms with Crippen LogP contribution in [-0.2, 0) is 6.54 Å². The highest BCUT2D eigenvalue weighted by Gasteiger charge is 2.41. The van der Waals surface area contributed by atoms with E-state index in [1.165, 1.54) is 43.1 Å². The zero-order chi connectivity index (χ0) is 14.7. The molecule has 3 aliphatic rings. The van der Waals surface area contributed by atoms with Gasteiger partial charge < -0.3 is 4.90 Å². The lowest BCUT2D eigenvalue weighted by Gasteiger charge is -2.34. The highest BCUT2D eigenvalue weighted by Crippen LogP contribution is 2.45. The Balaban J connectivity index is 1.53. The molecule has 2 aliphatic carbocycles. The number of hydrogen-bond acceptors (Lipinski definition) is 1. The number of carbonyl (C=O) groups excluding carboxylic acids is 1. The Bertz CT molecular complexity index is 753. The van der Waals surface area contributed by atoms with Crippen LogP contribution >= 0.6 is 0 Å². The molecule has 5 rings (SSSR count). The molecule has 2 saturated carbocycles. The minimum absolute atomic E-state index is 0.276. The van der Waals surface area contributed by atoms with E-state index in [4.69, 9.17) is 0 Å². The molecule has 1 aliphatic heterocycles. The largest absolute Gasteiger partial charge is 0.331 e. The minimum atomic E-state index is 0.276. The predicted molar refractivity (Wildman–Crippen MR) is 87.7 cm³/mol. The number of amides is 1. The summed E-state index contributed by atoms with van der Waals surface area (Å²) in [7, 11) is 0. The van der Waals surface area contributed by atoms with Gasteiger partial charge in [-0.25, -0.2) is 0 Å². The van der Waals surface area contributed by atoms with E-state index in [0.717, 1.165) is 29.3 Å². The number of hydrogen-bond donors (Lipinski definition) is 0. The molecule has 0 radical (unpaired) electrons. The molecule has 2 fully saturated rings. The first kappa shape index (κ1) is 12.7. The van der Waals surface area contributed by atoms with Crippen LogP contribution in [0.3, 0.4) is 0 Å². The molecule has 1 amide bonds. The summed E-state index contributed by atoms with van der Waals surface area (Å²) >= 11 is 0. The fraction of sp³-hybridized carbons (Fsp3) is 0.450. The van der Waals surface area contributed by atoms with Gasteiger partial charge in [0.15, 0.2) is 0 Å². The average Bonchev–Trinajstić information content (AvgIpc) is 3.07. The topological polar surface area (TPSA) is 20.3 Å². The van der Waals surface area contributed by atoms with E-state index in [9.17, 15) is 4.79 Å². The first-order valence-electron chi connectivity index (χ1n) is 8.61. The Morgan fingerprint density at radius 1 is 0.909 bits per heavy atom. The van der Waals surface area contributed by atoms with E-state index >= 15 is 0 Å². The maximum absolute atomic E-state index is 13.1. The van der Waals surface area contributed by atoms with Gasteiger partial charge in [0.25, 0.3) is 5.91 Å². The standard InChI is InChI=1S/C20H21NO/c22-20-19-16(8-7-15-3-1-2-4-18(15)19)12-21(20)17-10-13-5-6-14(9-13)11-17/h1-4,7-8,13-14,17H,5-6,9-12H2/t13-,14+,17?. The molecular formula is C20H21NO. The summed E-state index contributed by atoms with van der Waals surface area (Å²) < 4.78 is 0. The molecule has 2 nitrogen and oxygen atoms in total. The lowest BCUT2D eigenvalue weighted by atomic mass is 9.85. The summed E-state index contributed by atoms with van der Waals surface area (Å²) in [6, 6.07) is 13.1. The third kappa shape index (κ3) is 1.76. The van der Waals surface area contributed by atoms with E-state index in [1.54, 1.807) is 0 Å². The van der Waals surface area contributed by atoms with Crippen molar-refractivity contribution >= 4 is 16.7 Å². The molecule has 0 saturated heterocycles. The van der Waals surface area contributed by atoms with Crippen molar-refractivity contribution in [3.8, 4) is 0 Å². The van der Waals surface area contributed by atoms with Crippen LogP contribution in [0.5, 0.6) is 0 Å². The van der Waals surface area contributed by atoms with Crippen LogP contribution in [0.4, 0.5) is 0 Å². The number of nitrogens with zero attached hydrogens (tertiary/aromatic N) is 1. The Kier molecular flexibility index (Phi) is 2.64. The monoisotopic (exact) mass is 291 g/mol. The maximum atomic E-state index is 13.1. The Hall–Kier alpha value is -1.83. The number of benzene rings is 2. The van der Waals surface area contributed by atoms with Crippen molar-refractivity contribution in [2.45, 2.75) is 44.7 Å². The molecule has 1 heterocycles. The van der Waals surface area contributed by atoms with E-state index in [2.05, 4.69) is 29.2 Å². The Morgan fingerprint density at radius 2 is 1.68 bits per heavy atom. The van der Waals surface area contributed by atoms with Crippen LogP contribution in [0.25, 0.3) is 10.8 Å². The van der Waals surface area contributed by atoms with Gasteiger partial charge in [-0.15, -0.1) is 0 Å². The molecule has 1 unspecified atom stereocenters. The van der Waals surface area contributed by atoms with Crippen LogP contribution in [-0.4, -0.2) is 16.8 Å². The lowest BCUT2D eigenvalue weighted by molar-refractivity contribution is 0.0617. The van der Waals surface area contributed by atoms with Crippen molar-refractivity contribution in [3.05, 3.63) is 47.5 Å². The summed E-state index contributed by atoms with van der Waals surface area (Å²) in [5.74, 6) is 2.02. The molecule has 2 aromatic rings. The van der Waals surface area contributed by atoms with Gasteiger partial charge in [0.05, 0.1) is 5.56 Å². The third-order valence-electron chi connectivity index (χ3n) is 6.13. The molecule has 3 atom stereocenters. The summed E-state index contributed by atoms with van der Waals surface area (Å²) in [4.78, 5) is 15.3. The highest BCUT2D eigenvalue weighted by molar-refractivity contribution is 6.10. The Labute approximate surface area is 131 Å². The van der Waals surface area contributed by atoms with Gasteiger partial charge in [-0.2, -0.15) is 0 Å². The van der Waals surface area contributed by atoms with Crippen LogP contribution < -0.4 is 0 Å². The third-order valence-corrected chi connectivity index (χ3v) is 6.13. The zero-order valence-electron chi connectivity index (χ0n) is 12.8. The average molecular weight is 291 g/mol. The molecule has 0 aromatic heterocycles. The van der Waals surface area contributed by atoms with Gasteiger partial charge in [0, 0.05) is 12.6 Å². The number of fused-ring (bicyclic) bond motifs is 5. The van der Waals surface area contributed by atoms with Gasteiger partial charge in [0.2, 0.25) is 0 Å². The van der Waals surface area contributed by atoms with E-state index in [-0.39, 0.29) is 5.91 Å². The smallest absolute Gasteiger partial charge is 0.255 e. The second-order valence-electron chi connectivity index (χ2n) is 7.42. The molecule has 0 spiro atoms. The van der Waals surface area contributed by atoms with Crippen LogP contribution in [0, 0.1) is 11.8 Å². The van der Waals surface area contributed by atoms with Crippen molar-refractivity contribution in [1.29, 1.82) is 0 Å². The van der Waals surface area contributed by atoms with Crippen LogP contribution in [0.1, 0.15) is 48.0 Å². The summed E-state index contributed by atoms with van der Waals surface area (Å²) in [5.41, 5.74) is 2.19. The predicted octanol–water partition coefficient (Wildman–Crippen LogP) is 4.37.